The monoisotopic (exact) mass is 391 g/mol. The first-order valence-corrected chi connectivity index (χ1v) is 8.37. The average Bonchev–Trinajstić information content (AvgIpc) is 3.02. The predicted octanol–water partition coefficient (Wildman–Crippen LogP) is 5.00. The largest absolute Gasteiger partial charge is 0.419 e. The first kappa shape index (κ1) is 16.2. The van der Waals surface area contributed by atoms with Gasteiger partial charge in [0.15, 0.2) is 0 Å². The number of halogens is 2. The van der Waals surface area contributed by atoms with Crippen molar-refractivity contribution in [2.24, 2.45) is 0 Å². The van der Waals surface area contributed by atoms with Crippen molar-refractivity contribution in [2.75, 3.05) is 0 Å². The highest BCUT2D eigenvalue weighted by atomic mass is 79.9. The third-order valence-electron chi connectivity index (χ3n) is 3.50. The fourth-order valence-corrected chi connectivity index (χ4v) is 3.00. The molecule has 0 unspecified atom stereocenters. The standard InChI is InChI=1S/C17H15BrClN3O/c1-11(12-6-3-5-9-15(12)19)20-10-16-21-22-17(23-16)13-7-2-4-8-14(13)18/h2-9,11,20H,10H2,1H3/t11-/m1/s1. The number of hydrogen-bond donors (Lipinski definition) is 1. The zero-order valence-corrected chi connectivity index (χ0v) is 14.8. The Labute approximate surface area is 148 Å². The lowest BCUT2D eigenvalue weighted by atomic mass is 10.1. The highest BCUT2D eigenvalue weighted by molar-refractivity contribution is 9.10. The van der Waals surface area contributed by atoms with Crippen LogP contribution in [0.2, 0.25) is 5.02 Å². The molecule has 0 fully saturated rings. The Kier molecular flexibility index (Phi) is 5.10. The minimum atomic E-state index is 0.0857. The zero-order valence-electron chi connectivity index (χ0n) is 12.5. The molecular formula is C17H15BrClN3O. The van der Waals surface area contributed by atoms with Gasteiger partial charge in [0.05, 0.1) is 12.1 Å². The summed E-state index contributed by atoms with van der Waals surface area (Å²) in [4.78, 5) is 0. The van der Waals surface area contributed by atoms with Crippen molar-refractivity contribution in [1.82, 2.24) is 15.5 Å². The van der Waals surface area contributed by atoms with E-state index in [2.05, 4.69) is 31.4 Å². The van der Waals surface area contributed by atoms with Gasteiger partial charge in [0.25, 0.3) is 0 Å². The van der Waals surface area contributed by atoms with E-state index in [1.807, 2.05) is 55.5 Å². The lowest BCUT2D eigenvalue weighted by Gasteiger charge is -2.14. The van der Waals surface area contributed by atoms with Crippen LogP contribution in [-0.4, -0.2) is 10.2 Å². The van der Waals surface area contributed by atoms with Gasteiger partial charge in [-0.25, -0.2) is 0 Å². The van der Waals surface area contributed by atoms with Crippen LogP contribution in [0, 0.1) is 0 Å². The summed E-state index contributed by atoms with van der Waals surface area (Å²) in [5.74, 6) is 1.04. The normalized spacial score (nSPS) is 12.3. The SMILES string of the molecule is C[C@@H](NCc1nnc(-c2ccccc2Br)o1)c1ccccc1Cl. The molecule has 1 atom stereocenters. The van der Waals surface area contributed by atoms with E-state index >= 15 is 0 Å². The summed E-state index contributed by atoms with van der Waals surface area (Å²) in [6.45, 7) is 2.52. The van der Waals surface area contributed by atoms with Crippen molar-refractivity contribution >= 4 is 27.5 Å². The van der Waals surface area contributed by atoms with E-state index in [1.54, 1.807) is 0 Å². The van der Waals surface area contributed by atoms with Crippen LogP contribution in [0.25, 0.3) is 11.5 Å². The van der Waals surface area contributed by atoms with Crippen LogP contribution >= 0.6 is 27.5 Å². The Balaban J connectivity index is 1.68. The second kappa shape index (κ2) is 7.25. The van der Waals surface area contributed by atoms with Crippen LogP contribution in [0.15, 0.2) is 57.4 Å². The minimum absolute atomic E-state index is 0.0857. The molecule has 0 spiro atoms. The van der Waals surface area contributed by atoms with E-state index in [1.165, 1.54) is 0 Å². The molecule has 0 aliphatic heterocycles. The van der Waals surface area contributed by atoms with Gasteiger partial charge >= 0.3 is 0 Å². The Hall–Kier alpha value is -1.69. The molecule has 4 nitrogen and oxygen atoms in total. The summed E-state index contributed by atoms with van der Waals surface area (Å²) in [6, 6.07) is 15.6. The van der Waals surface area contributed by atoms with E-state index in [9.17, 15) is 0 Å². The molecule has 3 rings (SSSR count). The summed E-state index contributed by atoms with van der Waals surface area (Å²) in [5, 5.41) is 12.3. The van der Waals surface area contributed by atoms with E-state index in [4.69, 9.17) is 16.0 Å². The number of benzene rings is 2. The number of nitrogens with one attached hydrogen (secondary N) is 1. The van der Waals surface area contributed by atoms with Crippen molar-refractivity contribution < 1.29 is 4.42 Å². The Morgan fingerprint density at radius 3 is 2.65 bits per heavy atom. The summed E-state index contributed by atoms with van der Waals surface area (Å²) in [6.07, 6.45) is 0. The molecule has 0 aliphatic carbocycles. The van der Waals surface area contributed by atoms with E-state index in [0.29, 0.717) is 18.3 Å². The second-order valence-corrected chi connectivity index (χ2v) is 6.37. The smallest absolute Gasteiger partial charge is 0.248 e. The van der Waals surface area contributed by atoms with Crippen molar-refractivity contribution in [3.05, 3.63) is 69.5 Å². The molecular weight excluding hydrogens is 378 g/mol. The fraction of sp³-hybridized carbons (Fsp3) is 0.176. The van der Waals surface area contributed by atoms with Crippen LogP contribution in [-0.2, 0) is 6.54 Å². The number of aromatic nitrogens is 2. The summed E-state index contributed by atoms with van der Waals surface area (Å²) in [7, 11) is 0. The third kappa shape index (κ3) is 3.80. The topological polar surface area (TPSA) is 51.0 Å². The Morgan fingerprint density at radius 1 is 1.13 bits per heavy atom. The van der Waals surface area contributed by atoms with Gasteiger partial charge in [-0.2, -0.15) is 0 Å². The van der Waals surface area contributed by atoms with Gasteiger partial charge in [-0.15, -0.1) is 10.2 Å². The molecule has 1 N–H and O–H groups in total. The van der Waals surface area contributed by atoms with Crippen molar-refractivity contribution in [3.63, 3.8) is 0 Å². The van der Waals surface area contributed by atoms with Gasteiger partial charge in [-0.3, -0.25) is 0 Å². The molecule has 0 bridgehead atoms. The summed E-state index contributed by atoms with van der Waals surface area (Å²) in [5.41, 5.74) is 1.92. The molecule has 2 aromatic carbocycles. The van der Waals surface area contributed by atoms with Gasteiger partial charge in [0.2, 0.25) is 11.8 Å². The molecule has 0 amide bonds. The highest BCUT2D eigenvalue weighted by Gasteiger charge is 2.13. The van der Waals surface area contributed by atoms with Gasteiger partial charge < -0.3 is 9.73 Å². The maximum absolute atomic E-state index is 6.21. The maximum Gasteiger partial charge on any atom is 0.248 e. The third-order valence-corrected chi connectivity index (χ3v) is 4.54. The molecule has 0 radical (unpaired) electrons. The lowest BCUT2D eigenvalue weighted by molar-refractivity contribution is 0.454. The Morgan fingerprint density at radius 2 is 1.87 bits per heavy atom. The molecule has 0 saturated heterocycles. The minimum Gasteiger partial charge on any atom is -0.419 e. The zero-order chi connectivity index (χ0) is 16.2. The molecule has 0 aliphatic rings. The number of hydrogen-bond acceptors (Lipinski definition) is 4. The van der Waals surface area contributed by atoms with Crippen LogP contribution in [0.5, 0.6) is 0 Å². The van der Waals surface area contributed by atoms with Gasteiger partial charge in [-0.05, 0) is 46.6 Å². The first-order valence-electron chi connectivity index (χ1n) is 7.20. The van der Waals surface area contributed by atoms with Crippen LogP contribution in [0.1, 0.15) is 24.4 Å². The highest BCUT2D eigenvalue weighted by Crippen LogP contribution is 2.27. The maximum atomic E-state index is 6.21. The lowest BCUT2D eigenvalue weighted by Crippen LogP contribution is -2.18. The number of rotatable bonds is 5. The molecule has 23 heavy (non-hydrogen) atoms. The average molecular weight is 393 g/mol. The predicted molar refractivity (Wildman–Crippen MR) is 94.1 cm³/mol. The number of nitrogens with zero attached hydrogens (tertiary/aromatic N) is 2. The van der Waals surface area contributed by atoms with Crippen molar-refractivity contribution in [2.45, 2.75) is 19.5 Å². The van der Waals surface area contributed by atoms with Crippen molar-refractivity contribution in [1.29, 1.82) is 0 Å². The van der Waals surface area contributed by atoms with Gasteiger partial charge in [0.1, 0.15) is 0 Å². The van der Waals surface area contributed by atoms with Crippen LogP contribution < -0.4 is 5.32 Å². The van der Waals surface area contributed by atoms with Crippen molar-refractivity contribution in [3.8, 4) is 11.5 Å². The summed E-state index contributed by atoms with van der Waals surface area (Å²) < 4.78 is 6.64. The van der Waals surface area contributed by atoms with Crippen LogP contribution in [0.4, 0.5) is 0 Å². The quantitative estimate of drug-likeness (QED) is 0.663. The Bertz CT molecular complexity index is 806. The second-order valence-electron chi connectivity index (χ2n) is 5.10. The summed E-state index contributed by atoms with van der Waals surface area (Å²) >= 11 is 9.69. The molecule has 3 aromatic rings. The van der Waals surface area contributed by atoms with E-state index < -0.39 is 0 Å². The molecule has 1 aromatic heterocycles. The molecule has 0 saturated carbocycles. The molecule has 6 heteroatoms. The van der Waals surface area contributed by atoms with E-state index in [0.717, 1.165) is 20.6 Å². The van der Waals surface area contributed by atoms with Crippen LogP contribution in [0.3, 0.4) is 0 Å². The van der Waals surface area contributed by atoms with E-state index in [-0.39, 0.29) is 6.04 Å². The molecule has 118 valence electrons. The van der Waals surface area contributed by atoms with Gasteiger partial charge in [0, 0.05) is 15.5 Å². The first-order chi connectivity index (χ1) is 11.1. The fourth-order valence-electron chi connectivity index (χ4n) is 2.25. The van der Waals surface area contributed by atoms with Gasteiger partial charge in [-0.1, -0.05) is 41.9 Å². The molecule has 1 heterocycles.